The molecule has 0 spiro atoms. The van der Waals surface area contributed by atoms with Crippen LogP contribution in [0.3, 0.4) is 0 Å². The molecule has 3 aromatic carbocycles. The van der Waals surface area contributed by atoms with E-state index in [1.54, 1.807) is 11.8 Å². The number of benzene rings is 3. The zero-order valence-corrected chi connectivity index (χ0v) is 17.6. The second kappa shape index (κ2) is 8.76. The Hall–Kier alpha value is -2.69. The number of nitrogens with zero attached hydrogens (tertiary/aromatic N) is 1. The highest BCUT2D eigenvalue weighted by molar-refractivity contribution is 8.00. The highest BCUT2D eigenvalue weighted by Gasteiger charge is 2.11. The Bertz CT molecular complexity index is 1130. The lowest BCUT2D eigenvalue weighted by atomic mass is 10.2. The topological polar surface area (TPSA) is 34.0 Å². The molecule has 1 aromatic heterocycles. The number of anilines is 1. The molecular formula is C24H21ClN2OS. The number of carbonyl (C=O) groups excluding carboxylic acids is 1. The number of halogens is 1. The molecular weight excluding hydrogens is 400 g/mol. The fourth-order valence-corrected chi connectivity index (χ4v) is 4.24. The second-order valence-corrected chi connectivity index (χ2v) is 8.42. The van der Waals surface area contributed by atoms with Crippen LogP contribution in [-0.2, 0) is 11.3 Å². The molecule has 4 rings (SSSR count). The third-order valence-corrected chi connectivity index (χ3v) is 6.01. The van der Waals surface area contributed by atoms with Gasteiger partial charge < -0.3 is 9.88 Å². The van der Waals surface area contributed by atoms with Gasteiger partial charge in [-0.1, -0.05) is 59.6 Å². The second-order valence-electron chi connectivity index (χ2n) is 6.97. The van der Waals surface area contributed by atoms with E-state index < -0.39 is 0 Å². The van der Waals surface area contributed by atoms with E-state index in [4.69, 9.17) is 11.6 Å². The fraction of sp³-hybridized carbons (Fsp3) is 0.125. The van der Waals surface area contributed by atoms with E-state index in [0.29, 0.717) is 5.75 Å². The van der Waals surface area contributed by atoms with Gasteiger partial charge in [0.15, 0.2) is 0 Å². The van der Waals surface area contributed by atoms with Crippen LogP contribution < -0.4 is 5.32 Å². The van der Waals surface area contributed by atoms with E-state index in [2.05, 4.69) is 28.2 Å². The average Bonchev–Trinajstić information content (AvgIpc) is 3.08. The number of hydrogen-bond acceptors (Lipinski definition) is 2. The number of nitrogens with one attached hydrogen (secondary N) is 1. The summed E-state index contributed by atoms with van der Waals surface area (Å²) in [6.07, 6.45) is 2.13. The molecule has 0 unspecified atom stereocenters. The number of thioether (sulfide) groups is 1. The Morgan fingerprint density at radius 3 is 2.48 bits per heavy atom. The lowest BCUT2D eigenvalue weighted by Crippen LogP contribution is -2.13. The first kappa shape index (κ1) is 19.6. The van der Waals surface area contributed by atoms with Gasteiger partial charge in [0, 0.05) is 39.3 Å². The van der Waals surface area contributed by atoms with Gasteiger partial charge in [-0.25, -0.2) is 0 Å². The van der Waals surface area contributed by atoms with Crippen molar-refractivity contribution in [3.8, 4) is 0 Å². The van der Waals surface area contributed by atoms with E-state index >= 15 is 0 Å². The molecule has 0 fully saturated rings. The van der Waals surface area contributed by atoms with Gasteiger partial charge in [0.05, 0.1) is 5.75 Å². The number of fused-ring (bicyclic) bond motifs is 1. The summed E-state index contributed by atoms with van der Waals surface area (Å²) in [6, 6.07) is 24.0. The molecule has 0 aliphatic rings. The summed E-state index contributed by atoms with van der Waals surface area (Å²) in [4.78, 5) is 13.5. The van der Waals surface area contributed by atoms with Gasteiger partial charge in [-0.15, -0.1) is 11.8 Å². The number of rotatable bonds is 6. The number of aromatic nitrogens is 1. The molecule has 3 nitrogen and oxygen atoms in total. The molecule has 4 aromatic rings. The van der Waals surface area contributed by atoms with Crippen LogP contribution in [0.15, 0.2) is 83.9 Å². The maximum atomic E-state index is 12.4. The van der Waals surface area contributed by atoms with Crippen molar-refractivity contribution in [3.05, 3.63) is 95.1 Å². The predicted molar refractivity (Wildman–Crippen MR) is 123 cm³/mol. The normalized spacial score (nSPS) is 11.0. The third-order valence-electron chi connectivity index (χ3n) is 4.71. The van der Waals surface area contributed by atoms with Crippen molar-refractivity contribution in [2.75, 3.05) is 11.1 Å². The Morgan fingerprint density at radius 1 is 1.00 bits per heavy atom. The maximum absolute atomic E-state index is 12.4. The van der Waals surface area contributed by atoms with E-state index in [9.17, 15) is 4.79 Å². The van der Waals surface area contributed by atoms with Crippen LogP contribution >= 0.6 is 23.4 Å². The SMILES string of the molecule is Cc1ccc(NC(=O)CSc2cn(Cc3ccc(Cl)cc3)c3ccccc23)cc1. The zero-order chi connectivity index (χ0) is 20.2. The van der Waals surface area contributed by atoms with Gasteiger partial charge in [-0.05, 0) is 42.8 Å². The molecule has 1 amide bonds. The Balaban J connectivity index is 1.49. The van der Waals surface area contributed by atoms with Crippen LogP contribution in [0.2, 0.25) is 5.02 Å². The molecule has 0 aliphatic heterocycles. The van der Waals surface area contributed by atoms with Crippen LogP contribution in [-0.4, -0.2) is 16.2 Å². The molecule has 0 radical (unpaired) electrons. The van der Waals surface area contributed by atoms with Crippen molar-refractivity contribution < 1.29 is 4.79 Å². The van der Waals surface area contributed by atoms with Crippen molar-refractivity contribution in [2.45, 2.75) is 18.4 Å². The molecule has 0 saturated heterocycles. The summed E-state index contributed by atoms with van der Waals surface area (Å²) in [5, 5.41) is 4.86. The minimum atomic E-state index is -0.00612. The fourth-order valence-electron chi connectivity index (χ4n) is 3.22. The van der Waals surface area contributed by atoms with Crippen LogP contribution in [0, 0.1) is 6.92 Å². The largest absolute Gasteiger partial charge is 0.342 e. The van der Waals surface area contributed by atoms with Gasteiger partial charge in [0.25, 0.3) is 0 Å². The van der Waals surface area contributed by atoms with E-state index in [0.717, 1.165) is 33.1 Å². The first-order chi connectivity index (χ1) is 14.1. The van der Waals surface area contributed by atoms with Crippen molar-refractivity contribution in [1.29, 1.82) is 0 Å². The molecule has 0 bridgehead atoms. The molecule has 5 heteroatoms. The Kier molecular flexibility index (Phi) is 5.93. The minimum absolute atomic E-state index is 0.00612. The molecule has 1 heterocycles. The molecule has 0 aliphatic carbocycles. The Morgan fingerprint density at radius 2 is 1.72 bits per heavy atom. The summed E-state index contributed by atoms with van der Waals surface area (Å²) >= 11 is 7.56. The van der Waals surface area contributed by atoms with Crippen LogP contribution in [0.4, 0.5) is 5.69 Å². The van der Waals surface area contributed by atoms with Crippen LogP contribution in [0.25, 0.3) is 10.9 Å². The number of hydrogen-bond donors (Lipinski definition) is 1. The maximum Gasteiger partial charge on any atom is 0.234 e. The Labute approximate surface area is 179 Å². The average molecular weight is 421 g/mol. The minimum Gasteiger partial charge on any atom is -0.342 e. The number of amides is 1. The van der Waals surface area contributed by atoms with Gasteiger partial charge in [0.2, 0.25) is 5.91 Å². The van der Waals surface area contributed by atoms with Gasteiger partial charge in [-0.2, -0.15) is 0 Å². The van der Waals surface area contributed by atoms with Crippen molar-refractivity contribution in [1.82, 2.24) is 4.57 Å². The number of carbonyl (C=O) groups is 1. The van der Waals surface area contributed by atoms with Crippen LogP contribution in [0.5, 0.6) is 0 Å². The molecule has 146 valence electrons. The molecule has 1 N–H and O–H groups in total. The lowest BCUT2D eigenvalue weighted by Gasteiger charge is -2.05. The van der Waals surface area contributed by atoms with Gasteiger partial charge >= 0.3 is 0 Å². The molecule has 0 atom stereocenters. The summed E-state index contributed by atoms with van der Waals surface area (Å²) in [7, 11) is 0. The zero-order valence-electron chi connectivity index (χ0n) is 16.1. The first-order valence-electron chi connectivity index (χ1n) is 9.40. The molecule has 29 heavy (non-hydrogen) atoms. The standard InChI is InChI=1S/C24H21ClN2OS/c1-17-6-12-20(13-7-17)26-24(28)16-29-23-15-27(22-5-3-2-4-21(22)23)14-18-8-10-19(25)11-9-18/h2-13,15H,14,16H2,1H3,(H,26,28). The quantitative estimate of drug-likeness (QED) is 0.367. The smallest absolute Gasteiger partial charge is 0.234 e. The number of para-hydroxylation sites is 1. The summed E-state index contributed by atoms with van der Waals surface area (Å²) < 4.78 is 2.22. The van der Waals surface area contributed by atoms with E-state index in [1.165, 1.54) is 11.1 Å². The van der Waals surface area contributed by atoms with Crippen molar-refractivity contribution >= 4 is 45.9 Å². The van der Waals surface area contributed by atoms with E-state index in [-0.39, 0.29) is 5.91 Å². The monoisotopic (exact) mass is 420 g/mol. The summed E-state index contributed by atoms with van der Waals surface area (Å²) in [5.41, 5.74) is 4.34. The highest BCUT2D eigenvalue weighted by Crippen LogP contribution is 2.30. The molecule has 0 saturated carbocycles. The van der Waals surface area contributed by atoms with Crippen molar-refractivity contribution in [2.24, 2.45) is 0 Å². The lowest BCUT2D eigenvalue weighted by molar-refractivity contribution is -0.113. The van der Waals surface area contributed by atoms with E-state index in [1.807, 2.05) is 67.6 Å². The summed E-state index contributed by atoms with van der Waals surface area (Å²) in [5.74, 6) is 0.358. The van der Waals surface area contributed by atoms with Gasteiger partial charge in [0.1, 0.15) is 0 Å². The highest BCUT2D eigenvalue weighted by atomic mass is 35.5. The van der Waals surface area contributed by atoms with Crippen LogP contribution in [0.1, 0.15) is 11.1 Å². The van der Waals surface area contributed by atoms with Gasteiger partial charge in [-0.3, -0.25) is 4.79 Å². The third kappa shape index (κ3) is 4.84. The number of aryl methyl sites for hydroxylation is 1. The summed E-state index contributed by atoms with van der Waals surface area (Å²) in [6.45, 7) is 2.79. The first-order valence-corrected chi connectivity index (χ1v) is 10.8. The predicted octanol–water partition coefficient (Wildman–Crippen LogP) is 6.38. The van der Waals surface area contributed by atoms with Crippen molar-refractivity contribution in [3.63, 3.8) is 0 Å².